The summed E-state index contributed by atoms with van der Waals surface area (Å²) in [5.74, 6) is -0.0275. The summed E-state index contributed by atoms with van der Waals surface area (Å²) in [6.07, 6.45) is 0.767. The molecule has 1 aromatic carbocycles. The lowest BCUT2D eigenvalue weighted by Gasteiger charge is -2.28. The fraction of sp³-hybridized carbons (Fsp3) is 0.364. The lowest BCUT2D eigenvalue weighted by atomic mass is 10.0. The zero-order valence-electron chi connectivity index (χ0n) is 16.8. The molecule has 1 amide bonds. The van der Waals surface area contributed by atoms with E-state index in [0.29, 0.717) is 6.54 Å². The molecule has 1 aliphatic heterocycles. The number of aromatic amines is 1. The van der Waals surface area contributed by atoms with Crippen LogP contribution in [0.4, 0.5) is 5.00 Å². The molecule has 3 heterocycles. The predicted octanol–water partition coefficient (Wildman–Crippen LogP) is 3.45. The molecule has 0 atom stereocenters. The molecule has 0 radical (unpaired) electrons. The third-order valence-corrected chi connectivity index (χ3v) is 6.49. The molecule has 1 aliphatic rings. The number of H-pyrrole nitrogens is 1. The molecule has 29 heavy (non-hydrogen) atoms. The van der Waals surface area contributed by atoms with E-state index in [-0.39, 0.29) is 5.91 Å². The third-order valence-electron chi connectivity index (χ3n) is 5.25. The lowest BCUT2D eigenvalue weighted by molar-refractivity contribution is 0.0955. The fourth-order valence-corrected chi connectivity index (χ4v) is 4.73. The van der Waals surface area contributed by atoms with E-state index >= 15 is 0 Å². The molecule has 1 fully saturated rings. The number of morpholine rings is 1. The molecule has 4 rings (SSSR count). The van der Waals surface area contributed by atoms with Gasteiger partial charge in [0.1, 0.15) is 0 Å². The quantitative estimate of drug-likeness (QED) is 0.653. The number of anilines is 1. The number of nitrogens with one attached hydrogen (secondary N) is 2. The largest absolute Gasteiger partial charge is 0.378 e. The molecule has 0 saturated carbocycles. The summed E-state index contributed by atoms with van der Waals surface area (Å²) < 4.78 is 5.52. The van der Waals surface area contributed by atoms with Crippen molar-refractivity contribution in [1.29, 1.82) is 0 Å². The van der Waals surface area contributed by atoms with Crippen molar-refractivity contribution in [3.8, 4) is 0 Å². The topological polar surface area (TPSA) is 70.2 Å². The summed E-state index contributed by atoms with van der Waals surface area (Å²) in [6.45, 7) is 7.73. The van der Waals surface area contributed by atoms with Crippen LogP contribution >= 0.6 is 11.3 Å². The minimum Gasteiger partial charge on any atom is -0.378 e. The van der Waals surface area contributed by atoms with Crippen LogP contribution in [0.1, 0.15) is 37.7 Å². The molecule has 152 valence electrons. The number of rotatable bonds is 6. The van der Waals surface area contributed by atoms with Gasteiger partial charge in [-0.05, 0) is 31.0 Å². The SMILES string of the molecule is Cc1n[nH]c(C)c1Cc1cc(C(=O)NCc2ccccc2)sc1N1CCOCC1. The number of carbonyl (C=O) groups is 1. The Hall–Kier alpha value is -2.64. The maximum atomic E-state index is 12.8. The zero-order chi connectivity index (χ0) is 20.2. The van der Waals surface area contributed by atoms with Crippen LogP contribution in [0.25, 0.3) is 0 Å². The Morgan fingerprint density at radius 3 is 2.69 bits per heavy atom. The summed E-state index contributed by atoms with van der Waals surface area (Å²) in [5.41, 5.74) is 5.56. The van der Waals surface area contributed by atoms with E-state index in [4.69, 9.17) is 4.74 Å². The molecule has 3 aromatic rings. The van der Waals surface area contributed by atoms with Gasteiger partial charge in [0.15, 0.2) is 0 Å². The standard InChI is InChI=1S/C22H26N4O2S/c1-15-19(16(2)25-24-15)12-18-13-20(29-22(18)26-8-10-28-11-9-26)21(27)23-14-17-6-4-3-5-7-17/h3-7,13H,8-12,14H2,1-2H3,(H,23,27)(H,24,25). The Labute approximate surface area is 174 Å². The molecule has 2 N–H and O–H groups in total. The second-order valence-corrected chi connectivity index (χ2v) is 8.33. The van der Waals surface area contributed by atoms with Gasteiger partial charge >= 0.3 is 0 Å². The van der Waals surface area contributed by atoms with Crippen molar-refractivity contribution in [2.45, 2.75) is 26.8 Å². The lowest BCUT2D eigenvalue weighted by Crippen LogP contribution is -2.36. The van der Waals surface area contributed by atoms with Crippen molar-refractivity contribution < 1.29 is 9.53 Å². The summed E-state index contributed by atoms with van der Waals surface area (Å²) >= 11 is 1.57. The number of aryl methyl sites for hydroxylation is 2. The maximum Gasteiger partial charge on any atom is 0.261 e. The minimum atomic E-state index is -0.0275. The summed E-state index contributed by atoms with van der Waals surface area (Å²) in [6, 6.07) is 12.0. The molecule has 7 heteroatoms. The second kappa shape index (κ2) is 8.80. The maximum absolute atomic E-state index is 12.8. The minimum absolute atomic E-state index is 0.0275. The molecule has 0 unspecified atom stereocenters. The number of benzene rings is 1. The normalized spacial score (nSPS) is 14.2. The molecule has 1 saturated heterocycles. The first-order valence-electron chi connectivity index (χ1n) is 9.90. The van der Waals surface area contributed by atoms with Crippen molar-refractivity contribution in [2.75, 3.05) is 31.2 Å². The third kappa shape index (κ3) is 4.52. The van der Waals surface area contributed by atoms with E-state index in [9.17, 15) is 4.79 Å². The van der Waals surface area contributed by atoms with Crippen LogP contribution in [0.2, 0.25) is 0 Å². The molecular weight excluding hydrogens is 384 g/mol. The number of hydrogen-bond acceptors (Lipinski definition) is 5. The van der Waals surface area contributed by atoms with Gasteiger partial charge < -0.3 is 15.0 Å². The first kappa shape index (κ1) is 19.7. The van der Waals surface area contributed by atoms with E-state index in [0.717, 1.165) is 59.6 Å². The average Bonchev–Trinajstić information content (AvgIpc) is 3.32. The van der Waals surface area contributed by atoms with Crippen LogP contribution in [0.5, 0.6) is 0 Å². The Morgan fingerprint density at radius 1 is 1.24 bits per heavy atom. The van der Waals surface area contributed by atoms with E-state index in [1.54, 1.807) is 11.3 Å². The number of nitrogens with zero attached hydrogens (tertiary/aromatic N) is 2. The summed E-state index contributed by atoms with van der Waals surface area (Å²) in [4.78, 5) is 15.9. The Bertz CT molecular complexity index is 955. The van der Waals surface area contributed by atoms with Gasteiger partial charge in [0.25, 0.3) is 5.91 Å². The molecule has 0 bridgehead atoms. The van der Waals surface area contributed by atoms with Gasteiger partial charge in [-0.1, -0.05) is 30.3 Å². The molecule has 2 aromatic heterocycles. The fourth-order valence-electron chi connectivity index (χ4n) is 3.58. The van der Waals surface area contributed by atoms with Gasteiger partial charge in [-0.15, -0.1) is 11.3 Å². The van der Waals surface area contributed by atoms with Gasteiger partial charge in [-0.2, -0.15) is 5.10 Å². The number of thiophene rings is 1. The highest BCUT2D eigenvalue weighted by molar-refractivity contribution is 7.18. The van der Waals surface area contributed by atoms with Crippen molar-refractivity contribution in [3.63, 3.8) is 0 Å². The monoisotopic (exact) mass is 410 g/mol. The Balaban J connectivity index is 1.57. The predicted molar refractivity (Wildman–Crippen MR) is 116 cm³/mol. The van der Waals surface area contributed by atoms with E-state index in [2.05, 4.69) is 20.4 Å². The summed E-state index contributed by atoms with van der Waals surface area (Å²) in [7, 11) is 0. The number of ether oxygens (including phenoxy) is 1. The number of amides is 1. The first-order chi connectivity index (χ1) is 14.1. The highest BCUT2D eigenvalue weighted by atomic mass is 32.1. The van der Waals surface area contributed by atoms with Crippen LogP contribution in [-0.4, -0.2) is 42.4 Å². The number of hydrogen-bond donors (Lipinski definition) is 2. The number of aromatic nitrogens is 2. The summed E-state index contributed by atoms with van der Waals surface area (Å²) in [5, 5.41) is 11.6. The van der Waals surface area contributed by atoms with Gasteiger partial charge in [0.2, 0.25) is 0 Å². The van der Waals surface area contributed by atoms with Crippen LogP contribution in [0, 0.1) is 13.8 Å². The Morgan fingerprint density at radius 2 is 2.00 bits per heavy atom. The zero-order valence-corrected chi connectivity index (χ0v) is 17.6. The highest BCUT2D eigenvalue weighted by Gasteiger charge is 2.22. The average molecular weight is 411 g/mol. The highest BCUT2D eigenvalue weighted by Crippen LogP contribution is 2.34. The van der Waals surface area contributed by atoms with E-state index in [1.165, 1.54) is 11.1 Å². The van der Waals surface area contributed by atoms with Crippen molar-refractivity contribution in [3.05, 3.63) is 69.4 Å². The van der Waals surface area contributed by atoms with Crippen LogP contribution in [0.15, 0.2) is 36.4 Å². The van der Waals surface area contributed by atoms with Crippen molar-refractivity contribution >= 4 is 22.2 Å². The molecule has 6 nitrogen and oxygen atoms in total. The van der Waals surface area contributed by atoms with Gasteiger partial charge in [-0.25, -0.2) is 0 Å². The van der Waals surface area contributed by atoms with Crippen LogP contribution in [0.3, 0.4) is 0 Å². The molecule has 0 spiro atoms. The van der Waals surface area contributed by atoms with Gasteiger partial charge in [0, 0.05) is 37.3 Å². The van der Waals surface area contributed by atoms with E-state index < -0.39 is 0 Å². The van der Waals surface area contributed by atoms with Gasteiger partial charge in [-0.3, -0.25) is 9.89 Å². The Kier molecular flexibility index (Phi) is 5.97. The van der Waals surface area contributed by atoms with Crippen LogP contribution in [-0.2, 0) is 17.7 Å². The van der Waals surface area contributed by atoms with E-state index in [1.807, 2.05) is 50.2 Å². The first-order valence-corrected chi connectivity index (χ1v) is 10.7. The van der Waals surface area contributed by atoms with Crippen molar-refractivity contribution in [1.82, 2.24) is 15.5 Å². The molecule has 0 aliphatic carbocycles. The smallest absolute Gasteiger partial charge is 0.261 e. The molecular formula is C22H26N4O2S. The van der Waals surface area contributed by atoms with Gasteiger partial charge in [0.05, 0.1) is 28.8 Å². The second-order valence-electron chi connectivity index (χ2n) is 7.30. The van der Waals surface area contributed by atoms with Crippen LogP contribution < -0.4 is 10.2 Å². The number of carbonyl (C=O) groups excluding carboxylic acids is 1. The van der Waals surface area contributed by atoms with Crippen molar-refractivity contribution in [2.24, 2.45) is 0 Å².